The molecule has 21 heavy (non-hydrogen) atoms. The molecule has 1 atom stereocenters. The van der Waals surface area contributed by atoms with Gasteiger partial charge in [0.05, 0.1) is 5.75 Å². The second-order valence-corrected chi connectivity index (χ2v) is 7.45. The standard InChI is InChI=1S/C16H20BrNO2S/c1-4-5-6-7-13(2)12-21(19,20)18-14(3)15-8-10-16(17)11-9-15/h4-11,14,18H,1,12H2,2-3H3. The van der Waals surface area contributed by atoms with Crippen molar-refractivity contribution in [2.75, 3.05) is 5.75 Å². The first-order valence-corrected chi connectivity index (χ1v) is 8.99. The summed E-state index contributed by atoms with van der Waals surface area (Å²) in [7, 11) is -3.37. The maximum atomic E-state index is 12.1. The van der Waals surface area contributed by atoms with Crippen LogP contribution in [0.2, 0.25) is 0 Å². The first-order valence-electron chi connectivity index (χ1n) is 6.54. The lowest BCUT2D eigenvalue weighted by atomic mass is 10.1. The van der Waals surface area contributed by atoms with Crippen LogP contribution in [0.5, 0.6) is 0 Å². The zero-order chi connectivity index (χ0) is 15.9. The Labute approximate surface area is 135 Å². The minimum absolute atomic E-state index is 0.0185. The fraction of sp³-hybridized carbons (Fsp3) is 0.250. The predicted octanol–water partition coefficient (Wildman–Crippen LogP) is 4.12. The number of hydrogen-bond acceptors (Lipinski definition) is 2. The van der Waals surface area contributed by atoms with Gasteiger partial charge < -0.3 is 0 Å². The van der Waals surface area contributed by atoms with Gasteiger partial charge in [-0.3, -0.25) is 0 Å². The third kappa shape index (κ3) is 6.89. The third-order valence-corrected chi connectivity index (χ3v) is 4.85. The van der Waals surface area contributed by atoms with Crippen LogP contribution < -0.4 is 4.72 Å². The molecule has 1 rings (SSSR count). The number of benzene rings is 1. The summed E-state index contributed by atoms with van der Waals surface area (Å²) in [6.45, 7) is 7.18. The van der Waals surface area contributed by atoms with Crippen molar-refractivity contribution in [1.82, 2.24) is 4.72 Å². The van der Waals surface area contributed by atoms with E-state index in [9.17, 15) is 8.42 Å². The Bertz CT molecular complexity index is 631. The fourth-order valence-corrected chi connectivity index (χ4v) is 3.49. The van der Waals surface area contributed by atoms with Gasteiger partial charge in [-0.15, -0.1) is 0 Å². The van der Waals surface area contributed by atoms with E-state index in [4.69, 9.17) is 0 Å². The van der Waals surface area contributed by atoms with Crippen LogP contribution in [0.1, 0.15) is 25.5 Å². The van der Waals surface area contributed by atoms with Crippen molar-refractivity contribution in [3.8, 4) is 0 Å². The molecule has 0 heterocycles. The van der Waals surface area contributed by atoms with Crippen LogP contribution in [-0.2, 0) is 10.0 Å². The molecule has 1 unspecified atom stereocenters. The zero-order valence-corrected chi connectivity index (χ0v) is 14.6. The molecule has 0 radical (unpaired) electrons. The number of allylic oxidation sites excluding steroid dienone is 4. The maximum absolute atomic E-state index is 12.1. The maximum Gasteiger partial charge on any atom is 0.215 e. The molecule has 1 aromatic rings. The molecule has 0 aliphatic heterocycles. The van der Waals surface area contributed by atoms with E-state index in [1.165, 1.54) is 0 Å². The van der Waals surface area contributed by atoms with Crippen molar-refractivity contribution in [1.29, 1.82) is 0 Å². The molecule has 114 valence electrons. The number of sulfonamides is 1. The highest BCUT2D eigenvalue weighted by Crippen LogP contribution is 2.17. The van der Waals surface area contributed by atoms with Gasteiger partial charge in [0, 0.05) is 10.5 Å². The molecule has 5 heteroatoms. The summed E-state index contributed by atoms with van der Waals surface area (Å²) in [6, 6.07) is 7.32. The topological polar surface area (TPSA) is 46.2 Å². The van der Waals surface area contributed by atoms with Crippen LogP contribution in [0.4, 0.5) is 0 Å². The average Bonchev–Trinajstić information content (AvgIpc) is 2.38. The molecule has 1 aromatic carbocycles. The lowest BCUT2D eigenvalue weighted by Crippen LogP contribution is -2.29. The first-order chi connectivity index (χ1) is 9.84. The van der Waals surface area contributed by atoms with E-state index in [-0.39, 0.29) is 11.8 Å². The molecule has 0 aliphatic carbocycles. The fourth-order valence-electron chi connectivity index (χ4n) is 1.78. The summed E-state index contributed by atoms with van der Waals surface area (Å²) < 4.78 is 27.9. The van der Waals surface area contributed by atoms with Gasteiger partial charge in [0.15, 0.2) is 0 Å². The molecule has 0 amide bonds. The lowest BCUT2D eigenvalue weighted by Gasteiger charge is -2.15. The van der Waals surface area contributed by atoms with Crippen molar-refractivity contribution in [2.45, 2.75) is 19.9 Å². The van der Waals surface area contributed by atoms with Gasteiger partial charge in [-0.25, -0.2) is 13.1 Å². The van der Waals surface area contributed by atoms with Crippen LogP contribution >= 0.6 is 15.9 Å². The molecule has 1 N–H and O–H groups in total. The summed E-state index contributed by atoms with van der Waals surface area (Å²) in [5.74, 6) is -0.0185. The van der Waals surface area contributed by atoms with Crippen molar-refractivity contribution in [2.24, 2.45) is 0 Å². The van der Waals surface area contributed by atoms with Gasteiger partial charge in [-0.05, 0) is 31.5 Å². The molecule has 0 saturated carbocycles. The van der Waals surface area contributed by atoms with E-state index in [0.717, 1.165) is 15.6 Å². The quantitative estimate of drug-likeness (QED) is 0.734. The highest BCUT2D eigenvalue weighted by atomic mass is 79.9. The van der Waals surface area contributed by atoms with E-state index >= 15 is 0 Å². The summed E-state index contributed by atoms with van der Waals surface area (Å²) >= 11 is 3.36. The molecule has 0 spiro atoms. The Kier molecular flexibility index (Phi) is 7.08. The number of rotatable bonds is 7. The Morgan fingerprint density at radius 1 is 1.33 bits per heavy atom. The second kappa shape index (κ2) is 8.32. The second-order valence-electron chi connectivity index (χ2n) is 4.78. The highest BCUT2D eigenvalue weighted by molar-refractivity contribution is 9.10. The van der Waals surface area contributed by atoms with Crippen LogP contribution in [0.3, 0.4) is 0 Å². The molecular weight excluding hydrogens is 350 g/mol. The molecule has 0 aromatic heterocycles. The lowest BCUT2D eigenvalue weighted by molar-refractivity contribution is 0.569. The SMILES string of the molecule is C=CC=CC=C(C)CS(=O)(=O)NC(C)c1ccc(Br)cc1. The molecule has 0 aliphatic rings. The highest BCUT2D eigenvalue weighted by Gasteiger charge is 2.16. The third-order valence-electron chi connectivity index (χ3n) is 2.77. The van der Waals surface area contributed by atoms with Crippen LogP contribution in [-0.4, -0.2) is 14.2 Å². The molecular formula is C16H20BrNO2S. The van der Waals surface area contributed by atoms with Crippen LogP contribution in [0.15, 0.2) is 65.2 Å². The minimum Gasteiger partial charge on any atom is -0.212 e. The number of halogens is 1. The van der Waals surface area contributed by atoms with E-state index in [1.54, 1.807) is 31.2 Å². The Hall–Kier alpha value is -1.17. The summed E-state index contributed by atoms with van der Waals surface area (Å²) in [5, 5.41) is 0. The molecule has 0 saturated heterocycles. The van der Waals surface area contributed by atoms with Crippen molar-refractivity contribution in [3.05, 3.63) is 70.8 Å². The van der Waals surface area contributed by atoms with Gasteiger partial charge in [0.1, 0.15) is 0 Å². The van der Waals surface area contributed by atoms with Gasteiger partial charge in [0.2, 0.25) is 10.0 Å². The summed E-state index contributed by atoms with van der Waals surface area (Å²) in [6.07, 6.45) is 6.95. The van der Waals surface area contributed by atoms with Gasteiger partial charge >= 0.3 is 0 Å². The van der Waals surface area contributed by atoms with E-state index in [1.807, 2.05) is 31.2 Å². The zero-order valence-electron chi connectivity index (χ0n) is 12.2. The van der Waals surface area contributed by atoms with Crippen molar-refractivity contribution >= 4 is 26.0 Å². The Morgan fingerprint density at radius 3 is 2.52 bits per heavy atom. The van der Waals surface area contributed by atoms with Crippen LogP contribution in [0, 0.1) is 0 Å². The van der Waals surface area contributed by atoms with Gasteiger partial charge in [-0.2, -0.15) is 0 Å². The Balaban J connectivity index is 2.71. The van der Waals surface area contributed by atoms with E-state index in [0.29, 0.717) is 0 Å². The smallest absolute Gasteiger partial charge is 0.212 e. The molecule has 0 fully saturated rings. The minimum atomic E-state index is -3.37. The van der Waals surface area contributed by atoms with Gasteiger partial charge in [-0.1, -0.05) is 64.5 Å². The monoisotopic (exact) mass is 369 g/mol. The van der Waals surface area contributed by atoms with E-state index in [2.05, 4.69) is 27.2 Å². The molecule has 3 nitrogen and oxygen atoms in total. The van der Waals surface area contributed by atoms with Crippen molar-refractivity contribution < 1.29 is 8.42 Å². The molecule has 0 bridgehead atoms. The predicted molar refractivity (Wildman–Crippen MR) is 92.6 cm³/mol. The van der Waals surface area contributed by atoms with Gasteiger partial charge in [0.25, 0.3) is 0 Å². The average molecular weight is 370 g/mol. The Morgan fingerprint density at radius 2 is 1.95 bits per heavy atom. The summed E-state index contributed by atoms with van der Waals surface area (Å²) in [5.41, 5.74) is 1.69. The largest absolute Gasteiger partial charge is 0.215 e. The summed E-state index contributed by atoms with van der Waals surface area (Å²) in [4.78, 5) is 0. The number of nitrogens with one attached hydrogen (secondary N) is 1. The first kappa shape index (κ1) is 17.9. The number of hydrogen-bond donors (Lipinski definition) is 1. The normalized spacial score (nSPS) is 14.3. The van der Waals surface area contributed by atoms with Crippen LogP contribution in [0.25, 0.3) is 0 Å². The van der Waals surface area contributed by atoms with E-state index < -0.39 is 10.0 Å². The van der Waals surface area contributed by atoms with Crippen molar-refractivity contribution in [3.63, 3.8) is 0 Å².